The van der Waals surface area contributed by atoms with E-state index in [1.54, 1.807) is 6.20 Å². The SMILES string of the molecule is CSCC(C)CNc1ccc(C(N)=S)nc1. The average Bonchev–Trinajstić information content (AvgIpc) is 2.27. The third-order valence-electron chi connectivity index (χ3n) is 2.12. The van der Waals surface area contributed by atoms with Crippen molar-refractivity contribution in [1.82, 2.24) is 4.98 Å². The second-order valence-corrected chi connectivity index (χ2v) is 5.09. The second kappa shape index (κ2) is 6.70. The first-order chi connectivity index (χ1) is 7.63. The van der Waals surface area contributed by atoms with Crippen LogP contribution in [0.3, 0.4) is 0 Å². The molecule has 16 heavy (non-hydrogen) atoms. The Morgan fingerprint density at radius 1 is 1.62 bits per heavy atom. The summed E-state index contributed by atoms with van der Waals surface area (Å²) >= 11 is 6.70. The summed E-state index contributed by atoms with van der Waals surface area (Å²) in [5.41, 5.74) is 7.14. The van der Waals surface area contributed by atoms with Gasteiger partial charge in [-0.3, -0.25) is 4.98 Å². The van der Waals surface area contributed by atoms with Gasteiger partial charge in [-0.2, -0.15) is 11.8 Å². The first-order valence-corrected chi connectivity index (χ1v) is 6.92. The van der Waals surface area contributed by atoms with Gasteiger partial charge in [0.25, 0.3) is 0 Å². The second-order valence-electron chi connectivity index (χ2n) is 3.74. The van der Waals surface area contributed by atoms with Gasteiger partial charge in [0, 0.05) is 6.54 Å². The van der Waals surface area contributed by atoms with Crippen molar-refractivity contribution >= 4 is 34.7 Å². The van der Waals surface area contributed by atoms with E-state index >= 15 is 0 Å². The van der Waals surface area contributed by atoms with Crippen LogP contribution < -0.4 is 11.1 Å². The van der Waals surface area contributed by atoms with E-state index in [4.69, 9.17) is 18.0 Å². The van der Waals surface area contributed by atoms with Crippen LogP contribution in [0.25, 0.3) is 0 Å². The van der Waals surface area contributed by atoms with E-state index in [-0.39, 0.29) is 0 Å². The molecule has 0 aliphatic rings. The highest BCUT2D eigenvalue weighted by Crippen LogP contribution is 2.09. The number of nitrogens with two attached hydrogens (primary N) is 1. The summed E-state index contributed by atoms with van der Waals surface area (Å²) in [6.45, 7) is 3.18. The normalized spacial score (nSPS) is 12.1. The van der Waals surface area contributed by atoms with Crippen molar-refractivity contribution in [1.29, 1.82) is 0 Å². The number of aromatic nitrogens is 1. The van der Waals surface area contributed by atoms with Gasteiger partial charge in [-0.1, -0.05) is 19.1 Å². The zero-order valence-corrected chi connectivity index (χ0v) is 11.2. The molecule has 0 aromatic carbocycles. The van der Waals surface area contributed by atoms with Crippen LogP contribution in [0.4, 0.5) is 5.69 Å². The number of thioether (sulfide) groups is 1. The number of rotatable bonds is 6. The first-order valence-electron chi connectivity index (χ1n) is 5.12. The summed E-state index contributed by atoms with van der Waals surface area (Å²) in [7, 11) is 0. The third-order valence-corrected chi connectivity index (χ3v) is 3.23. The highest BCUT2D eigenvalue weighted by molar-refractivity contribution is 7.98. The molecule has 1 atom stereocenters. The molecule has 1 unspecified atom stereocenters. The summed E-state index contributed by atoms with van der Waals surface area (Å²) in [6.07, 6.45) is 3.88. The number of hydrogen-bond donors (Lipinski definition) is 2. The molecule has 0 spiro atoms. The zero-order valence-electron chi connectivity index (χ0n) is 9.56. The Morgan fingerprint density at radius 3 is 2.88 bits per heavy atom. The molecule has 0 saturated heterocycles. The number of anilines is 1. The Labute approximate surface area is 106 Å². The Balaban J connectivity index is 2.46. The van der Waals surface area contributed by atoms with Crippen molar-refractivity contribution < 1.29 is 0 Å². The number of hydrogen-bond acceptors (Lipinski definition) is 4. The van der Waals surface area contributed by atoms with Crippen LogP contribution >= 0.6 is 24.0 Å². The molecule has 1 aromatic rings. The fourth-order valence-corrected chi connectivity index (χ4v) is 2.09. The predicted molar refractivity (Wildman–Crippen MR) is 76.2 cm³/mol. The minimum absolute atomic E-state index is 0.335. The van der Waals surface area contributed by atoms with Crippen molar-refractivity contribution in [3.8, 4) is 0 Å². The lowest BCUT2D eigenvalue weighted by atomic mass is 10.2. The highest BCUT2D eigenvalue weighted by Gasteiger charge is 2.02. The molecule has 0 aliphatic heterocycles. The number of pyridine rings is 1. The molecule has 3 nitrogen and oxygen atoms in total. The van der Waals surface area contributed by atoms with Crippen LogP contribution in [-0.2, 0) is 0 Å². The highest BCUT2D eigenvalue weighted by atomic mass is 32.2. The van der Waals surface area contributed by atoms with Crippen molar-refractivity contribution in [2.45, 2.75) is 6.92 Å². The van der Waals surface area contributed by atoms with E-state index in [0.717, 1.165) is 18.0 Å². The van der Waals surface area contributed by atoms with Crippen LogP contribution in [0.2, 0.25) is 0 Å². The van der Waals surface area contributed by atoms with E-state index < -0.39 is 0 Å². The molecule has 0 bridgehead atoms. The number of thiocarbonyl (C=S) groups is 1. The lowest BCUT2D eigenvalue weighted by molar-refractivity contribution is 0.701. The third kappa shape index (κ3) is 4.37. The average molecular weight is 255 g/mol. The van der Waals surface area contributed by atoms with Gasteiger partial charge in [0.15, 0.2) is 0 Å². The molecule has 1 rings (SSSR count). The van der Waals surface area contributed by atoms with Gasteiger partial charge in [-0.05, 0) is 30.1 Å². The lowest BCUT2D eigenvalue weighted by Gasteiger charge is -2.12. The smallest absolute Gasteiger partial charge is 0.122 e. The molecule has 5 heteroatoms. The fraction of sp³-hybridized carbons (Fsp3) is 0.455. The maximum atomic E-state index is 5.47. The van der Waals surface area contributed by atoms with Gasteiger partial charge < -0.3 is 11.1 Å². The number of nitrogens with one attached hydrogen (secondary N) is 1. The summed E-state index contributed by atoms with van der Waals surface area (Å²) in [5.74, 6) is 1.80. The van der Waals surface area contributed by atoms with Gasteiger partial charge in [-0.25, -0.2) is 0 Å². The van der Waals surface area contributed by atoms with Gasteiger partial charge in [0.05, 0.1) is 17.6 Å². The molecular weight excluding hydrogens is 238 g/mol. The molecular formula is C11H17N3S2. The van der Waals surface area contributed by atoms with Gasteiger partial charge >= 0.3 is 0 Å². The van der Waals surface area contributed by atoms with Crippen LogP contribution in [0.1, 0.15) is 12.6 Å². The molecule has 1 heterocycles. The minimum atomic E-state index is 0.335. The van der Waals surface area contributed by atoms with E-state index in [9.17, 15) is 0 Å². The molecule has 0 fully saturated rings. The Bertz CT molecular complexity index is 338. The van der Waals surface area contributed by atoms with E-state index in [1.165, 1.54) is 0 Å². The van der Waals surface area contributed by atoms with Crippen molar-refractivity contribution in [3.05, 3.63) is 24.0 Å². The Hall–Kier alpha value is -0.810. The topological polar surface area (TPSA) is 50.9 Å². The molecule has 1 aromatic heterocycles. The molecule has 0 radical (unpaired) electrons. The van der Waals surface area contributed by atoms with Gasteiger partial charge in [0.2, 0.25) is 0 Å². The van der Waals surface area contributed by atoms with Crippen LogP contribution in [0.5, 0.6) is 0 Å². The standard InChI is InChI=1S/C11H17N3S2/c1-8(7-16-2)5-13-9-3-4-10(11(12)15)14-6-9/h3-4,6,8,13H,5,7H2,1-2H3,(H2,12,15). The lowest BCUT2D eigenvalue weighted by Crippen LogP contribution is -2.14. The molecule has 88 valence electrons. The van der Waals surface area contributed by atoms with Crippen molar-refractivity contribution in [2.24, 2.45) is 11.7 Å². The van der Waals surface area contributed by atoms with Crippen LogP contribution in [0, 0.1) is 5.92 Å². The molecule has 3 N–H and O–H groups in total. The summed E-state index contributed by atoms with van der Waals surface area (Å²) in [4.78, 5) is 4.50. The summed E-state index contributed by atoms with van der Waals surface area (Å²) in [5, 5.41) is 3.34. The maximum absolute atomic E-state index is 5.47. The largest absolute Gasteiger partial charge is 0.388 e. The molecule has 0 amide bonds. The van der Waals surface area contributed by atoms with Gasteiger partial charge in [-0.15, -0.1) is 0 Å². The monoisotopic (exact) mass is 255 g/mol. The van der Waals surface area contributed by atoms with Crippen LogP contribution in [0.15, 0.2) is 18.3 Å². The summed E-state index contributed by atoms with van der Waals surface area (Å²) in [6, 6.07) is 3.79. The van der Waals surface area contributed by atoms with E-state index in [0.29, 0.717) is 16.6 Å². The van der Waals surface area contributed by atoms with Crippen molar-refractivity contribution in [2.75, 3.05) is 23.9 Å². The first kappa shape index (κ1) is 13.3. The quantitative estimate of drug-likeness (QED) is 0.763. The van der Waals surface area contributed by atoms with E-state index in [2.05, 4.69) is 23.5 Å². The van der Waals surface area contributed by atoms with Gasteiger partial charge in [0.1, 0.15) is 4.99 Å². The Kier molecular flexibility index (Phi) is 5.55. The maximum Gasteiger partial charge on any atom is 0.122 e. The van der Waals surface area contributed by atoms with E-state index in [1.807, 2.05) is 23.9 Å². The number of nitrogens with zero attached hydrogens (tertiary/aromatic N) is 1. The summed E-state index contributed by atoms with van der Waals surface area (Å²) < 4.78 is 0. The van der Waals surface area contributed by atoms with Crippen LogP contribution in [-0.4, -0.2) is 28.5 Å². The Morgan fingerprint density at radius 2 is 2.38 bits per heavy atom. The fourth-order valence-electron chi connectivity index (χ4n) is 1.28. The predicted octanol–water partition coefficient (Wildman–Crippen LogP) is 2.13. The zero-order chi connectivity index (χ0) is 12.0. The molecule has 0 saturated carbocycles. The minimum Gasteiger partial charge on any atom is -0.388 e. The molecule has 0 aliphatic carbocycles. The van der Waals surface area contributed by atoms with Crippen molar-refractivity contribution in [3.63, 3.8) is 0 Å².